The van der Waals surface area contributed by atoms with Gasteiger partial charge in [0.05, 0.1) is 5.69 Å². The quantitative estimate of drug-likeness (QED) is 0.770. The van der Waals surface area contributed by atoms with E-state index in [9.17, 15) is 8.42 Å². The molecule has 0 aromatic heterocycles. The fraction of sp³-hybridized carbons (Fsp3) is 0.143. The Balaban J connectivity index is 2.45. The Morgan fingerprint density at radius 2 is 1.86 bits per heavy atom. The lowest BCUT2D eigenvalue weighted by Gasteiger charge is -2.13. The molecule has 0 unspecified atom stereocenters. The molecule has 0 atom stereocenters. The van der Waals surface area contributed by atoms with Crippen LogP contribution < -0.4 is 10.5 Å². The number of benzene rings is 2. The second-order valence-corrected chi connectivity index (χ2v) is 7.95. The van der Waals surface area contributed by atoms with Crippen molar-refractivity contribution in [3.8, 4) is 0 Å². The minimum Gasteiger partial charge on any atom is -0.326 e. The number of nitrogens with one attached hydrogen (secondary N) is 1. The maximum atomic E-state index is 12.6. The summed E-state index contributed by atoms with van der Waals surface area (Å²) in [6, 6.07) is 10.5. The van der Waals surface area contributed by atoms with Crippen LogP contribution in [0.3, 0.4) is 0 Å². The van der Waals surface area contributed by atoms with Gasteiger partial charge in [-0.15, -0.1) is 0 Å². The maximum Gasteiger partial charge on any atom is 0.263 e. The van der Waals surface area contributed by atoms with Gasteiger partial charge >= 0.3 is 0 Å². The molecule has 21 heavy (non-hydrogen) atoms. The van der Waals surface area contributed by atoms with Crippen molar-refractivity contribution in [2.24, 2.45) is 5.73 Å². The van der Waals surface area contributed by atoms with Crippen molar-refractivity contribution in [1.82, 2.24) is 0 Å². The van der Waals surface area contributed by atoms with Gasteiger partial charge in [0.1, 0.15) is 4.90 Å². The monoisotopic (exact) mass is 432 g/mol. The third kappa shape index (κ3) is 3.85. The first-order valence-electron chi connectivity index (χ1n) is 6.11. The van der Waals surface area contributed by atoms with Gasteiger partial charge in [-0.1, -0.05) is 28.1 Å². The van der Waals surface area contributed by atoms with E-state index >= 15 is 0 Å². The van der Waals surface area contributed by atoms with Crippen molar-refractivity contribution in [3.63, 3.8) is 0 Å². The topological polar surface area (TPSA) is 72.2 Å². The minimum absolute atomic E-state index is 0.171. The molecule has 0 spiro atoms. The van der Waals surface area contributed by atoms with E-state index < -0.39 is 10.0 Å². The fourth-order valence-corrected chi connectivity index (χ4v) is 4.28. The standard InChI is InChI=1S/C14H14Br2N2O2S/c1-9-2-4-11(15)7-13(9)18-21(19,20)14-6-10(8-17)3-5-12(14)16/h2-7,18H,8,17H2,1H3. The summed E-state index contributed by atoms with van der Waals surface area (Å²) < 4.78 is 29.0. The van der Waals surface area contributed by atoms with Crippen molar-refractivity contribution in [1.29, 1.82) is 0 Å². The van der Waals surface area contributed by atoms with Gasteiger partial charge in [-0.25, -0.2) is 8.42 Å². The minimum atomic E-state index is -3.69. The molecule has 2 aromatic carbocycles. The van der Waals surface area contributed by atoms with Gasteiger partial charge in [0.25, 0.3) is 10.0 Å². The van der Waals surface area contributed by atoms with Crippen LogP contribution in [0.1, 0.15) is 11.1 Å². The Morgan fingerprint density at radius 1 is 1.14 bits per heavy atom. The van der Waals surface area contributed by atoms with E-state index in [0.717, 1.165) is 15.6 Å². The van der Waals surface area contributed by atoms with Crippen LogP contribution >= 0.6 is 31.9 Å². The van der Waals surface area contributed by atoms with Gasteiger partial charge in [-0.05, 0) is 58.2 Å². The van der Waals surface area contributed by atoms with Crippen LogP contribution in [0, 0.1) is 6.92 Å². The predicted molar refractivity (Wildman–Crippen MR) is 91.7 cm³/mol. The number of nitrogens with two attached hydrogens (primary N) is 1. The Bertz CT molecular complexity index is 777. The molecule has 0 amide bonds. The number of hydrogen-bond acceptors (Lipinski definition) is 3. The maximum absolute atomic E-state index is 12.6. The van der Waals surface area contributed by atoms with Crippen LogP contribution in [0.2, 0.25) is 0 Å². The zero-order valence-electron chi connectivity index (χ0n) is 11.2. The summed E-state index contributed by atoms with van der Waals surface area (Å²) in [4.78, 5) is 0.171. The molecule has 0 aliphatic heterocycles. The van der Waals surface area contributed by atoms with Gasteiger partial charge in [0, 0.05) is 15.5 Å². The molecule has 3 N–H and O–H groups in total. The molecule has 0 saturated carbocycles. The lowest BCUT2D eigenvalue weighted by atomic mass is 10.2. The SMILES string of the molecule is Cc1ccc(Br)cc1NS(=O)(=O)c1cc(CN)ccc1Br. The van der Waals surface area contributed by atoms with Gasteiger partial charge in [0.15, 0.2) is 0 Å². The average molecular weight is 434 g/mol. The van der Waals surface area contributed by atoms with Crippen LogP contribution in [-0.2, 0) is 16.6 Å². The molecule has 4 nitrogen and oxygen atoms in total. The summed E-state index contributed by atoms with van der Waals surface area (Å²) in [5, 5.41) is 0. The molecule has 0 radical (unpaired) electrons. The third-order valence-electron chi connectivity index (χ3n) is 2.96. The first kappa shape index (κ1) is 16.5. The second kappa shape index (κ2) is 6.48. The molecule has 2 rings (SSSR count). The molecule has 0 aliphatic rings. The lowest BCUT2D eigenvalue weighted by Crippen LogP contribution is -2.15. The number of sulfonamides is 1. The fourth-order valence-electron chi connectivity index (χ4n) is 1.78. The van der Waals surface area contributed by atoms with E-state index in [1.807, 2.05) is 19.1 Å². The first-order valence-corrected chi connectivity index (χ1v) is 9.18. The van der Waals surface area contributed by atoms with Crippen molar-refractivity contribution < 1.29 is 8.42 Å². The summed E-state index contributed by atoms with van der Waals surface area (Å²) >= 11 is 6.61. The number of hydrogen-bond donors (Lipinski definition) is 2. The van der Waals surface area contributed by atoms with Crippen LogP contribution in [0.15, 0.2) is 50.2 Å². The molecule has 7 heteroatoms. The normalized spacial score (nSPS) is 11.4. The van der Waals surface area contributed by atoms with E-state index in [0.29, 0.717) is 10.2 Å². The summed E-state index contributed by atoms with van der Waals surface area (Å²) in [5.74, 6) is 0. The highest BCUT2D eigenvalue weighted by molar-refractivity contribution is 9.10. The number of anilines is 1. The summed E-state index contributed by atoms with van der Waals surface area (Å²) in [7, 11) is -3.69. The molecule has 112 valence electrons. The lowest BCUT2D eigenvalue weighted by molar-refractivity contribution is 0.600. The number of halogens is 2. The van der Waals surface area contributed by atoms with Crippen molar-refractivity contribution in [2.75, 3.05) is 4.72 Å². The molecule has 2 aromatic rings. The first-order chi connectivity index (χ1) is 9.83. The third-order valence-corrected chi connectivity index (χ3v) is 5.82. The predicted octanol–water partition coefficient (Wildman–Crippen LogP) is 3.78. The highest BCUT2D eigenvalue weighted by atomic mass is 79.9. The zero-order valence-corrected chi connectivity index (χ0v) is 15.2. The molecule has 0 saturated heterocycles. The molecule has 0 heterocycles. The highest BCUT2D eigenvalue weighted by Gasteiger charge is 2.19. The van der Waals surface area contributed by atoms with E-state index in [4.69, 9.17) is 5.73 Å². The Morgan fingerprint density at radius 3 is 2.52 bits per heavy atom. The number of rotatable bonds is 4. The van der Waals surface area contributed by atoms with Gasteiger partial charge in [0.2, 0.25) is 0 Å². The summed E-state index contributed by atoms with van der Waals surface area (Å²) in [5.41, 5.74) is 7.70. The second-order valence-electron chi connectivity index (χ2n) is 4.53. The largest absolute Gasteiger partial charge is 0.326 e. The molecular weight excluding hydrogens is 420 g/mol. The average Bonchev–Trinajstić information content (AvgIpc) is 2.43. The summed E-state index contributed by atoms with van der Waals surface area (Å²) in [6.45, 7) is 2.13. The van der Waals surface area contributed by atoms with Crippen LogP contribution in [0.25, 0.3) is 0 Å². The van der Waals surface area contributed by atoms with Crippen LogP contribution in [0.5, 0.6) is 0 Å². The zero-order chi connectivity index (χ0) is 15.6. The number of aryl methyl sites for hydroxylation is 1. The van der Waals surface area contributed by atoms with Crippen molar-refractivity contribution in [2.45, 2.75) is 18.4 Å². The van der Waals surface area contributed by atoms with Crippen molar-refractivity contribution >= 4 is 47.6 Å². The molecule has 0 fully saturated rings. The van der Waals surface area contributed by atoms with Crippen LogP contribution in [0.4, 0.5) is 5.69 Å². The summed E-state index contributed by atoms with van der Waals surface area (Å²) in [6.07, 6.45) is 0. The van der Waals surface area contributed by atoms with Gasteiger partial charge < -0.3 is 5.73 Å². The Kier molecular flexibility index (Phi) is 5.08. The van der Waals surface area contributed by atoms with Gasteiger partial charge in [-0.3, -0.25) is 4.72 Å². The van der Waals surface area contributed by atoms with Crippen molar-refractivity contribution in [3.05, 3.63) is 56.5 Å². The van der Waals surface area contributed by atoms with E-state index in [1.165, 1.54) is 0 Å². The molecular formula is C14H14Br2N2O2S. The van der Waals surface area contributed by atoms with Crippen LogP contribution in [-0.4, -0.2) is 8.42 Å². The van der Waals surface area contributed by atoms with E-state index in [1.54, 1.807) is 24.3 Å². The highest BCUT2D eigenvalue weighted by Crippen LogP contribution is 2.28. The van der Waals surface area contributed by atoms with E-state index in [-0.39, 0.29) is 11.4 Å². The molecule has 0 aliphatic carbocycles. The van der Waals surface area contributed by atoms with E-state index in [2.05, 4.69) is 36.6 Å². The Hall–Kier alpha value is -0.890. The molecule has 0 bridgehead atoms. The van der Waals surface area contributed by atoms with Gasteiger partial charge in [-0.2, -0.15) is 0 Å². The Labute approximate surface area is 141 Å². The smallest absolute Gasteiger partial charge is 0.263 e.